The van der Waals surface area contributed by atoms with Crippen LogP contribution < -0.4 is 4.74 Å². The quantitative estimate of drug-likeness (QED) is 0.703. The molecule has 1 aliphatic rings. The molecule has 88 valence electrons. The maximum Gasteiger partial charge on any atom is 0.122 e. The van der Waals surface area contributed by atoms with Crippen LogP contribution in [0.25, 0.3) is 0 Å². The molecule has 3 rings (SSSR count). The van der Waals surface area contributed by atoms with Gasteiger partial charge in [0.2, 0.25) is 0 Å². The number of benzene rings is 1. The highest BCUT2D eigenvalue weighted by molar-refractivity contribution is 9.09. The molecule has 1 aromatic heterocycles. The summed E-state index contributed by atoms with van der Waals surface area (Å²) in [5, 5.41) is 0. The summed E-state index contributed by atoms with van der Waals surface area (Å²) >= 11 is 11.4. The summed E-state index contributed by atoms with van der Waals surface area (Å²) in [5.74, 6) is 1.37. The third-order valence-electron chi connectivity index (χ3n) is 2.96. The molecule has 0 amide bonds. The third-order valence-corrected chi connectivity index (χ3v) is 5.70. The van der Waals surface area contributed by atoms with Crippen molar-refractivity contribution in [2.45, 2.75) is 10.7 Å². The summed E-state index contributed by atoms with van der Waals surface area (Å²) in [4.78, 5) is 1.52. The maximum absolute atomic E-state index is 5.98. The lowest BCUT2D eigenvalue weighted by molar-refractivity contribution is 0.330. The van der Waals surface area contributed by atoms with Crippen LogP contribution in [0.2, 0.25) is 4.34 Å². The molecule has 17 heavy (non-hydrogen) atoms. The van der Waals surface area contributed by atoms with E-state index in [0.717, 1.165) is 16.7 Å². The highest BCUT2D eigenvalue weighted by atomic mass is 79.9. The minimum absolute atomic E-state index is 0.267. The smallest absolute Gasteiger partial charge is 0.122 e. The van der Waals surface area contributed by atoms with E-state index in [1.165, 1.54) is 10.4 Å². The Morgan fingerprint density at radius 1 is 1.29 bits per heavy atom. The Labute approximate surface area is 118 Å². The van der Waals surface area contributed by atoms with E-state index in [4.69, 9.17) is 16.3 Å². The summed E-state index contributed by atoms with van der Waals surface area (Å²) in [5.41, 5.74) is 1.28. The Bertz CT molecular complexity index is 540. The molecule has 0 N–H and O–H groups in total. The molecular weight excluding hydrogens is 320 g/mol. The average molecular weight is 330 g/mol. The van der Waals surface area contributed by atoms with E-state index in [1.54, 1.807) is 11.3 Å². The van der Waals surface area contributed by atoms with E-state index in [0.29, 0.717) is 5.92 Å². The molecule has 0 saturated heterocycles. The summed E-state index contributed by atoms with van der Waals surface area (Å²) in [7, 11) is 0. The summed E-state index contributed by atoms with van der Waals surface area (Å²) in [6.45, 7) is 0.727. The molecular formula is C13H10BrClOS. The number of para-hydroxylation sites is 1. The normalized spacial score (nSPS) is 19.8. The van der Waals surface area contributed by atoms with Crippen molar-refractivity contribution in [3.05, 3.63) is 51.2 Å². The predicted octanol–water partition coefficient (Wildman–Crippen LogP) is 5.01. The largest absolute Gasteiger partial charge is 0.493 e. The van der Waals surface area contributed by atoms with Gasteiger partial charge in [-0.05, 0) is 18.2 Å². The fourth-order valence-electron chi connectivity index (χ4n) is 2.10. The van der Waals surface area contributed by atoms with Gasteiger partial charge in [0, 0.05) is 16.4 Å². The third kappa shape index (κ3) is 2.12. The lowest BCUT2D eigenvalue weighted by atomic mass is 9.97. The van der Waals surface area contributed by atoms with Crippen LogP contribution in [0.3, 0.4) is 0 Å². The molecule has 4 heteroatoms. The van der Waals surface area contributed by atoms with Crippen molar-refractivity contribution in [1.82, 2.24) is 0 Å². The topological polar surface area (TPSA) is 9.23 Å². The molecule has 2 unspecified atom stereocenters. The van der Waals surface area contributed by atoms with E-state index in [-0.39, 0.29) is 4.83 Å². The standard InChI is InChI=1S/C13H10BrClOS/c14-13(11-5-6-12(15)17-11)9-7-16-10-4-2-1-3-8(9)10/h1-6,9,13H,7H2. The Kier molecular flexibility index (Phi) is 3.16. The molecule has 1 aromatic carbocycles. The second-order valence-corrected chi connectivity index (χ2v) is 6.73. The number of ether oxygens (including phenoxy) is 1. The number of rotatable bonds is 2. The average Bonchev–Trinajstić information content (AvgIpc) is 2.94. The highest BCUT2D eigenvalue weighted by Gasteiger charge is 2.31. The van der Waals surface area contributed by atoms with E-state index in [2.05, 4.69) is 34.1 Å². The number of fused-ring (bicyclic) bond motifs is 1. The van der Waals surface area contributed by atoms with Gasteiger partial charge in [0.05, 0.1) is 15.8 Å². The highest BCUT2D eigenvalue weighted by Crippen LogP contribution is 2.47. The summed E-state index contributed by atoms with van der Waals surface area (Å²) in [6.07, 6.45) is 0. The first kappa shape index (κ1) is 11.6. The van der Waals surface area contributed by atoms with Crippen LogP contribution in [0.1, 0.15) is 21.2 Å². The van der Waals surface area contributed by atoms with Crippen LogP contribution in [-0.2, 0) is 0 Å². The molecule has 2 atom stereocenters. The zero-order chi connectivity index (χ0) is 11.8. The second kappa shape index (κ2) is 4.63. The van der Waals surface area contributed by atoms with Crippen molar-refractivity contribution in [1.29, 1.82) is 0 Å². The van der Waals surface area contributed by atoms with Crippen molar-refractivity contribution in [2.24, 2.45) is 0 Å². The fourth-order valence-corrected chi connectivity index (χ4v) is 4.08. The first-order chi connectivity index (χ1) is 8.25. The molecule has 2 heterocycles. The molecule has 2 aromatic rings. The van der Waals surface area contributed by atoms with Gasteiger partial charge >= 0.3 is 0 Å². The van der Waals surface area contributed by atoms with E-state index >= 15 is 0 Å². The number of halogens is 2. The first-order valence-corrected chi connectivity index (χ1v) is 7.48. The van der Waals surface area contributed by atoms with Gasteiger partial charge in [-0.15, -0.1) is 11.3 Å². The lowest BCUT2D eigenvalue weighted by Crippen LogP contribution is -2.06. The van der Waals surface area contributed by atoms with E-state index < -0.39 is 0 Å². The Morgan fingerprint density at radius 3 is 2.88 bits per heavy atom. The molecule has 0 saturated carbocycles. The maximum atomic E-state index is 5.98. The van der Waals surface area contributed by atoms with Gasteiger partial charge in [-0.2, -0.15) is 0 Å². The molecule has 0 radical (unpaired) electrons. The summed E-state index contributed by atoms with van der Waals surface area (Å²) < 4.78 is 6.53. The Hall–Kier alpha value is -0.510. The van der Waals surface area contributed by atoms with Gasteiger partial charge in [0.25, 0.3) is 0 Å². The van der Waals surface area contributed by atoms with Crippen molar-refractivity contribution >= 4 is 38.9 Å². The van der Waals surface area contributed by atoms with Gasteiger partial charge in [-0.1, -0.05) is 45.7 Å². The van der Waals surface area contributed by atoms with Crippen LogP contribution in [0.15, 0.2) is 36.4 Å². The van der Waals surface area contributed by atoms with Crippen LogP contribution >= 0.6 is 38.9 Å². The van der Waals surface area contributed by atoms with Gasteiger partial charge in [-0.3, -0.25) is 0 Å². The number of thiophene rings is 1. The SMILES string of the molecule is Clc1ccc(C(Br)C2COc3ccccc32)s1. The Balaban J connectivity index is 1.92. The number of alkyl halides is 1. The van der Waals surface area contributed by atoms with Crippen molar-refractivity contribution in [3.8, 4) is 5.75 Å². The van der Waals surface area contributed by atoms with Gasteiger partial charge in [0.1, 0.15) is 5.75 Å². The monoisotopic (exact) mass is 328 g/mol. The number of hydrogen-bond donors (Lipinski definition) is 0. The molecule has 0 fully saturated rings. The van der Waals surface area contributed by atoms with Crippen molar-refractivity contribution in [2.75, 3.05) is 6.61 Å². The van der Waals surface area contributed by atoms with E-state index in [9.17, 15) is 0 Å². The minimum atomic E-state index is 0.267. The molecule has 0 aliphatic carbocycles. The Morgan fingerprint density at radius 2 is 2.12 bits per heavy atom. The van der Waals surface area contributed by atoms with Crippen LogP contribution in [0.5, 0.6) is 5.75 Å². The van der Waals surface area contributed by atoms with Gasteiger partial charge < -0.3 is 4.74 Å². The van der Waals surface area contributed by atoms with Crippen molar-refractivity contribution in [3.63, 3.8) is 0 Å². The molecule has 1 aliphatic heterocycles. The zero-order valence-corrected chi connectivity index (χ0v) is 12.1. The molecule has 1 nitrogen and oxygen atoms in total. The van der Waals surface area contributed by atoms with Crippen LogP contribution in [0.4, 0.5) is 0 Å². The van der Waals surface area contributed by atoms with Gasteiger partial charge in [-0.25, -0.2) is 0 Å². The first-order valence-electron chi connectivity index (χ1n) is 5.37. The lowest BCUT2D eigenvalue weighted by Gasteiger charge is -2.14. The second-order valence-electron chi connectivity index (χ2n) is 4.00. The van der Waals surface area contributed by atoms with E-state index in [1.807, 2.05) is 18.2 Å². The molecule has 0 spiro atoms. The van der Waals surface area contributed by atoms with Crippen LogP contribution in [-0.4, -0.2) is 6.61 Å². The molecule has 0 bridgehead atoms. The van der Waals surface area contributed by atoms with Crippen molar-refractivity contribution < 1.29 is 4.74 Å². The fraction of sp³-hybridized carbons (Fsp3) is 0.231. The predicted molar refractivity (Wildman–Crippen MR) is 75.7 cm³/mol. The summed E-state index contributed by atoms with van der Waals surface area (Å²) in [6, 6.07) is 12.2. The van der Waals surface area contributed by atoms with Gasteiger partial charge in [0.15, 0.2) is 0 Å². The number of hydrogen-bond acceptors (Lipinski definition) is 2. The minimum Gasteiger partial charge on any atom is -0.493 e. The zero-order valence-electron chi connectivity index (χ0n) is 8.90. The van der Waals surface area contributed by atoms with Crippen LogP contribution in [0, 0.1) is 0 Å².